The summed E-state index contributed by atoms with van der Waals surface area (Å²) in [5, 5.41) is 0. The minimum Gasteiger partial charge on any atom is -0.328 e. The molecule has 2 fully saturated rings. The fraction of sp³-hybridized carbons (Fsp3) is 0.583. The fourth-order valence-electron chi connectivity index (χ4n) is 2.96. The highest BCUT2D eigenvalue weighted by Crippen LogP contribution is 2.36. The Bertz CT molecular complexity index is 394. The van der Waals surface area contributed by atoms with Crippen LogP contribution >= 0.6 is 0 Å². The molecule has 0 aromatic carbocycles. The van der Waals surface area contributed by atoms with Gasteiger partial charge in [-0.05, 0) is 37.3 Å². The molecule has 17 heavy (non-hydrogen) atoms. The van der Waals surface area contributed by atoms with Gasteiger partial charge in [-0.15, -0.1) is 0 Å². The molecule has 4 nitrogen and oxygen atoms in total. The van der Waals surface area contributed by atoms with E-state index in [1.165, 1.54) is 12.3 Å². The number of hydrogen-bond donors (Lipinski definition) is 3. The number of pyridine rings is 1. The lowest BCUT2D eigenvalue weighted by Crippen LogP contribution is -2.39. The zero-order chi connectivity index (χ0) is 11.8. The van der Waals surface area contributed by atoms with Crippen LogP contribution in [0.2, 0.25) is 0 Å². The maximum absolute atomic E-state index is 12.9. The van der Waals surface area contributed by atoms with Gasteiger partial charge in [-0.1, -0.05) is 0 Å². The zero-order valence-electron chi connectivity index (χ0n) is 9.57. The average Bonchev–Trinajstić information content (AvgIpc) is 2.73. The first kappa shape index (κ1) is 11.1. The number of nitrogens with two attached hydrogens (primary N) is 1. The van der Waals surface area contributed by atoms with Crippen LogP contribution in [-0.4, -0.2) is 17.1 Å². The molecule has 1 saturated heterocycles. The van der Waals surface area contributed by atoms with E-state index in [1.54, 1.807) is 6.07 Å². The molecule has 0 bridgehead atoms. The molecule has 0 radical (unpaired) electrons. The van der Waals surface area contributed by atoms with Crippen LogP contribution in [0.3, 0.4) is 0 Å². The predicted molar refractivity (Wildman–Crippen MR) is 62.3 cm³/mol. The van der Waals surface area contributed by atoms with Gasteiger partial charge < -0.3 is 5.73 Å². The molecular formula is C12H17FN4. The second kappa shape index (κ2) is 4.33. The number of hydrogen-bond acceptors (Lipinski definition) is 4. The molecule has 1 aromatic rings. The van der Waals surface area contributed by atoms with Crippen molar-refractivity contribution in [3.63, 3.8) is 0 Å². The van der Waals surface area contributed by atoms with Crippen molar-refractivity contribution in [2.24, 2.45) is 11.7 Å². The molecule has 1 aromatic heterocycles. The van der Waals surface area contributed by atoms with Gasteiger partial charge in [0.05, 0.1) is 17.9 Å². The second-order valence-corrected chi connectivity index (χ2v) is 5.01. The highest BCUT2D eigenvalue weighted by Gasteiger charge is 2.40. The van der Waals surface area contributed by atoms with Gasteiger partial charge in [-0.2, -0.15) is 0 Å². The van der Waals surface area contributed by atoms with Crippen LogP contribution < -0.4 is 16.6 Å². The highest BCUT2D eigenvalue weighted by molar-refractivity contribution is 5.14. The van der Waals surface area contributed by atoms with E-state index in [0.29, 0.717) is 12.0 Å². The van der Waals surface area contributed by atoms with Crippen LogP contribution in [0, 0.1) is 11.7 Å². The lowest BCUT2D eigenvalue weighted by Gasteiger charge is -2.30. The number of halogens is 1. The maximum atomic E-state index is 12.9. The summed E-state index contributed by atoms with van der Waals surface area (Å²) in [6, 6.07) is 4.09. The lowest BCUT2D eigenvalue weighted by atomic mass is 9.78. The number of hydrazine groups is 1. The number of nitrogens with zero attached hydrogens (tertiary/aromatic N) is 1. The lowest BCUT2D eigenvalue weighted by molar-refractivity contribution is 0.277. The normalized spacial score (nSPS) is 36.8. The molecule has 5 heteroatoms. The van der Waals surface area contributed by atoms with Gasteiger partial charge in [0, 0.05) is 12.1 Å². The van der Waals surface area contributed by atoms with Gasteiger partial charge in [-0.3, -0.25) is 10.4 Å². The Kier molecular flexibility index (Phi) is 2.82. The Morgan fingerprint density at radius 2 is 2.18 bits per heavy atom. The van der Waals surface area contributed by atoms with Crippen molar-refractivity contribution < 1.29 is 4.39 Å². The van der Waals surface area contributed by atoms with Crippen LogP contribution in [0.1, 0.15) is 31.0 Å². The summed E-state index contributed by atoms with van der Waals surface area (Å²) in [6.07, 6.45) is 4.43. The molecule has 0 spiro atoms. The third-order valence-electron chi connectivity index (χ3n) is 3.86. The molecule has 4 N–H and O–H groups in total. The summed E-state index contributed by atoms with van der Waals surface area (Å²) in [6.45, 7) is 0. The molecule has 3 rings (SSSR count). The minimum atomic E-state index is -0.295. The van der Waals surface area contributed by atoms with E-state index in [4.69, 9.17) is 5.73 Å². The predicted octanol–water partition coefficient (Wildman–Crippen LogP) is 0.866. The van der Waals surface area contributed by atoms with Gasteiger partial charge in [0.15, 0.2) is 0 Å². The van der Waals surface area contributed by atoms with E-state index in [0.717, 1.165) is 25.0 Å². The van der Waals surface area contributed by atoms with Crippen LogP contribution in [0.5, 0.6) is 0 Å². The number of rotatable bonds is 1. The third kappa shape index (κ3) is 2.06. The molecule has 0 amide bonds. The largest absolute Gasteiger partial charge is 0.328 e. The van der Waals surface area contributed by atoms with E-state index in [2.05, 4.69) is 15.8 Å². The van der Waals surface area contributed by atoms with Crippen molar-refractivity contribution >= 4 is 0 Å². The van der Waals surface area contributed by atoms with Crippen molar-refractivity contribution in [2.45, 2.75) is 37.4 Å². The molecule has 2 aliphatic rings. The maximum Gasteiger partial charge on any atom is 0.141 e. The first-order valence-electron chi connectivity index (χ1n) is 6.12. The van der Waals surface area contributed by atoms with Crippen LogP contribution in [-0.2, 0) is 0 Å². The topological polar surface area (TPSA) is 63.0 Å². The molecule has 1 saturated carbocycles. The molecule has 1 aliphatic carbocycles. The Morgan fingerprint density at radius 1 is 1.29 bits per heavy atom. The van der Waals surface area contributed by atoms with Gasteiger partial charge in [0.25, 0.3) is 0 Å². The summed E-state index contributed by atoms with van der Waals surface area (Å²) < 4.78 is 12.9. The summed E-state index contributed by atoms with van der Waals surface area (Å²) in [5.74, 6) is 0.160. The van der Waals surface area contributed by atoms with Gasteiger partial charge in [-0.25, -0.2) is 9.82 Å². The molecule has 1 aliphatic heterocycles. The van der Waals surface area contributed by atoms with Crippen LogP contribution in [0.25, 0.3) is 0 Å². The molecular weight excluding hydrogens is 219 g/mol. The van der Waals surface area contributed by atoms with Crippen molar-refractivity contribution in [3.8, 4) is 0 Å². The van der Waals surface area contributed by atoms with Gasteiger partial charge in [0.2, 0.25) is 0 Å². The van der Waals surface area contributed by atoms with Crippen molar-refractivity contribution in [3.05, 3.63) is 29.8 Å². The van der Waals surface area contributed by atoms with E-state index < -0.39 is 0 Å². The van der Waals surface area contributed by atoms with E-state index in [-0.39, 0.29) is 17.9 Å². The van der Waals surface area contributed by atoms with E-state index >= 15 is 0 Å². The highest BCUT2D eigenvalue weighted by atomic mass is 19.1. The summed E-state index contributed by atoms with van der Waals surface area (Å²) in [5.41, 5.74) is 13.5. The quantitative estimate of drug-likeness (QED) is 0.677. The average molecular weight is 236 g/mol. The summed E-state index contributed by atoms with van der Waals surface area (Å²) in [7, 11) is 0. The Labute approximate surface area is 99.8 Å². The second-order valence-electron chi connectivity index (χ2n) is 5.01. The summed E-state index contributed by atoms with van der Waals surface area (Å²) >= 11 is 0. The van der Waals surface area contributed by atoms with Gasteiger partial charge >= 0.3 is 0 Å². The Morgan fingerprint density at radius 3 is 2.94 bits per heavy atom. The van der Waals surface area contributed by atoms with Crippen molar-refractivity contribution in [2.75, 3.05) is 0 Å². The smallest absolute Gasteiger partial charge is 0.141 e. The monoisotopic (exact) mass is 236 g/mol. The molecule has 4 atom stereocenters. The van der Waals surface area contributed by atoms with E-state index in [9.17, 15) is 4.39 Å². The molecule has 92 valence electrons. The number of nitrogens with one attached hydrogen (secondary N) is 2. The third-order valence-corrected chi connectivity index (χ3v) is 3.86. The van der Waals surface area contributed by atoms with Crippen molar-refractivity contribution in [1.29, 1.82) is 0 Å². The fourth-order valence-corrected chi connectivity index (χ4v) is 2.96. The zero-order valence-corrected chi connectivity index (χ0v) is 9.57. The van der Waals surface area contributed by atoms with Crippen molar-refractivity contribution in [1.82, 2.24) is 15.8 Å². The van der Waals surface area contributed by atoms with Gasteiger partial charge in [0.1, 0.15) is 5.82 Å². The summed E-state index contributed by atoms with van der Waals surface area (Å²) in [4.78, 5) is 4.16. The Hall–Kier alpha value is -1.04. The number of aromatic nitrogens is 1. The first-order chi connectivity index (χ1) is 8.24. The first-order valence-corrected chi connectivity index (χ1v) is 6.12. The minimum absolute atomic E-state index is 0.145. The molecule has 4 unspecified atom stereocenters. The number of fused-ring (bicyclic) bond motifs is 1. The van der Waals surface area contributed by atoms with E-state index in [1.807, 2.05) is 0 Å². The van der Waals surface area contributed by atoms with Crippen LogP contribution in [0.15, 0.2) is 18.3 Å². The molecule has 2 heterocycles. The van der Waals surface area contributed by atoms with Crippen LogP contribution in [0.4, 0.5) is 4.39 Å². The standard InChI is InChI=1S/C12H17FN4/c13-7-1-3-11(15-6-7)12-9-5-8(14)2-4-10(9)16-17-12/h1,3,6,8-10,12,16-17H,2,4-5,14H2. The Balaban J connectivity index is 1.81. The SMILES string of the molecule is NC1CCC2NNC(c3ccc(F)cn3)C2C1.